The number of nitrogens with one attached hydrogen (secondary N) is 1. The largest absolute Gasteiger partial charge is 0.484 e. The molecule has 0 bridgehead atoms. The Bertz CT molecular complexity index is 992. The number of ether oxygens (including phenoxy) is 1. The molecule has 3 aromatic rings. The second-order valence-electron chi connectivity index (χ2n) is 6.89. The molecule has 0 aliphatic rings. The molecule has 0 saturated carbocycles. The molecule has 1 N–H and O–H groups in total. The Morgan fingerprint density at radius 1 is 1.11 bits per heavy atom. The minimum atomic E-state index is -0.405. The molecule has 0 aliphatic carbocycles. The van der Waals surface area contributed by atoms with Crippen molar-refractivity contribution in [1.82, 2.24) is 5.32 Å². The summed E-state index contributed by atoms with van der Waals surface area (Å²) in [6, 6.07) is 16.4. The van der Waals surface area contributed by atoms with Crippen LogP contribution in [0.5, 0.6) is 5.75 Å². The number of carbonyl (C=O) groups is 1. The van der Waals surface area contributed by atoms with Crippen LogP contribution in [0, 0.1) is 12.8 Å². The van der Waals surface area contributed by atoms with E-state index in [9.17, 15) is 9.59 Å². The van der Waals surface area contributed by atoms with Gasteiger partial charge < -0.3 is 14.5 Å². The molecule has 3 rings (SSSR count). The molecule has 5 nitrogen and oxygen atoms in total. The van der Waals surface area contributed by atoms with Crippen LogP contribution in [0.4, 0.5) is 0 Å². The van der Waals surface area contributed by atoms with Gasteiger partial charge in [0, 0.05) is 17.5 Å². The SMILES string of the molecule is Cc1cc(=O)oc2cc(OCC(=O)NC(c3ccccc3)C(C)C)ccc12. The molecule has 5 heteroatoms. The number of hydrogen-bond donors (Lipinski definition) is 1. The standard InChI is InChI=1S/C22H23NO4/c1-14(2)22(16-7-5-4-6-8-16)23-20(24)13-26-17-9-10-18-15(3)11-21(25)27-19(18)12-17/h4-12,14,22H,13H2,1-3H3,(H,23,24). The van der Waals surface area contributed by atoms with E-state index in [2.05, 4.69) is 19.2 Å². The number of aryl methyl sites for hydroxylation is 1. The van der Waals surface area contributed by atoms with Crippen molar-refractivity contribution < 1.29 is 13.9 Å². The first kappa shape index (κ1) is 18.7. The van der Waals surface area contributed by atoms with Gasteiger partial charge in [0.05, 0.1) is 6.04 Å². The maximum absolute atomic E-state index is 12.4. The number of carbonyl (C=O) groups excluding carboxylic acids is 1. The average Bonchev–Trinajstić information content (AvgIpc) is 2.64. The van der Waals surface area contributed by atoms with Crippen molar-refractivity contribution in [3.8, 4) is 5.75 Å². The monoisotopic (exact) mass is 365 g/mol. The molecule has 0 fully saturated rings. The van der Waals surface area contributed by atoms with Gasteiger partial charge in [-0.3, -0.25) is 4.79 Å². The van der Waals surface area contributed by atoms with E-state index < -0.39 is 5.63 Å². The Balaban J connectivity index is 1.68. The first-order valence-corrected chi connectivity index (χ1v) is 8.95. The quantitative estimate of drug-likeness (QED) is 0.671. The summed E-state index contributed by atoms with van der Waals surface area (Å²) in [7, 11) is 0. The van der Waals surface area contributed by atoms with Crippen LogP contribution in [0.3, 0.4) is 0 Å². The Morgan fingerprint density at radius 2 is 1.85 bits per heavy atom. The summed E-state index contributed by atoms with van der Waals surface area (Å²) in [5.41, 5.74) is 1.94. The highest BCUT2D eigenvalue weighted by molar-refractivity contribution is 5.82. The Kier molecular flexibility index (Phi) is 5.60. The number of hydrogen-bond acceptors (Lipinski definition) is 4. The zero-order valence-corrected chi connectivity index (χ0v) is 15.7. The lowest BCUT2D eigenvalue weighted by Gasteiger charge is -2.23. The molecular weight excluding hydrogens is 342 g/mol. The van der Waals surface area contributed by atoms with Gasteiger partial charge in [0.25, 0.3) is 5.91 Å². The normalized spacial score (nSPS) is 12.1. The molecule has 0 spiro atoms. The third-order valence-electron chi connectivity index (χ3n) is 4.43. The minimum absolute atomic E-state index is 0.0837. The number of rotatable bonds is 6. The van der Waals surface area contributed by atoms with E-state index in [0.717, 1.165) is 16.5 Å². The van der Waals surface area contributed by atoms with Crippen molar-refractivity contribution in [3.05, 3.63) is 76.1 Å². The number of amides is 1. The second-order valence-corrected chi connectivity index (χ2v) is 6.89. The van der Waals surface area contributed by atoms with Crippen molar-refractivity contribution in [2.24, 2.45) is 5.92 Å². The molecule has 2 aromatic carbocycles. The Morgan fingerprint density at radius 3 is 2.56 bits per heavy atom. The van der Waals surface area contributed by atoms with Crippen LogP contribution < -0.4 is 15.7 Å². The molecule has 140 valence electrons. The van der Waals surface area contributed by atoms with Crippen LogP contribution in [0.25, 0.3) is 11.0 Å². The van der Waals surface area contributed by atoms with Crippen LogP contribution in [0.15, 0.2) is 63.8 Å². The lowest BCUT2D eigenvalue weighted by Crippen LogP contribution is -2.35. The van der Waals surface area contributed by atoms with E-state index in [1.54, 1.807) is 12.1 Å². The summed E-state index contributed by atoms with van der Waals surface area (Å²) in [4.78, 5) is 23.9. The lowest BCUT2D eigenvalue weighted by molar-refractivity contribution is -0.124. The van der Waals surface area contributed by atoms with Crippen LogP contribution in [0.1, 0.15) is 31.0 Å². The van der Waals surface area contributed by atoms with Crippen molar-refractivity contribution in [1.29, 1.82) is 0 Å². The molecule has 1 aromatic heterocycles. The van der Waals surface area contributed by atoms with E-state index >= 15 is 0 Å². The van der Waals surface area contributed by atoms with E-state index in [0.29, 0.717) is 11.3 Å². The maximum atomic E-state index is 12.4. The summed E-state index contributed by atoms with van der Waals surface area (Å²) < 4.78 is 10.8. The highest BCUT2D eigenvalue weighted by atomic mass is 16.5. The summed E-state index contributed by atoms with van der Waals surface area (Å²) in [5.74, 6) is 0.518. The molecule has 1 heterocycles. The van der Waals surface area contributed by atoms with Gasteiger partial charge in [-0.05, 0) is 36.1 Å². The first-order chi connectivity index (χ1) is 12.9. The molecule has 1 amide bonds. The summed E-state index contributed by atoms with van der Waals surface area (Å²) >= 11 is 0. The second kappa shape index (κ2) is 8.08. The van der Waals surface area contributed by atoms with E-state index in [4.69, 9.17) is 9.15 Å². The van der Waals surface area contributed by atoms with Gasteiger partial charge in [0.1, 0.15) is 11.3 Å². The topological polar surface area (TPSA) is 68.5 Å². The molecule has 1 atom stereocenters. The lowest BCUT2D eigenvalue weighted by atomic mass is 9.96. The zero-order chi connectivity index (χ0) is 19.4. The highest BCUT2D eigenvalue weighted by Crippen LogP contribution is 2.23. The van der Waals surface area contributed by atoms with Gasteiger partial charge in [-0.15, -0.1) is 0 Å². The zero-order valence-electron chi connectivity index (χ0n) is 15.7. The summed E-state index contributed by atoms with van der Waals surface area (Å²) in [5, 5.41) is 3.86. The predicted molar refractivity (Wildman–Crippen MR) is 105 cm³/mol. The van der Waals surface area contributed by atoms with Gasteiger partial charge >= 0.3 is 5.63 Å². The highest BCUT2D eigenvalue weighted by Gasteiger charge is 2.18. The first-order valence-electron chi connectivity index (χ1n) is 8.95. The fourth-order valence-corrected chi connectivity index (χ4v) is 3.05. The molecule has 0 aliphatic heterocycles. The smallest absolute Gasteiger partial charge is 0.336 e. The van der Waals surface area contributed by atoms with E-state index in [1.165, 1.54) is 6.07 Å². The maximum Gasteiger partial charge on any atom is 0.336 e. The van der Waals surface area contributed by atoms with Crippen LogP contribution in [-0.4, -0.2) is 12.5 Å². The van der Waals surface area contributed by atoms with Crippen molar-refractivity contribution in [2.75, 3.05) is 6.61 Å². The van der Waals surface area contributed by atoms with E-state index in [-0.39, 0.29) is 24.5 Å². The van der Waals surface area contributed by atoms with Crippen molar-refractivity contribution in [2.45, 2.75) is 26.8 Å². The molecule has 27 heavy (non-hydrogen) atoms. The summed E-state index contributed by atoms with van der Waals surface area (Å²) in [6.45, 7) is 5.86. The number of fused-ring (bicyclic) bond motifs is 1. The van der Waals surface area contributed by atoms with E-state index in [1.807, 2.05) is 43.3 Å². The minimum Gasteiger partial charge on any atom is -0.484 e. The van der Waals surface area contributed by atoms with Crippen LogP contribution in [-0.2, 0) is 4.79 Å². The predicted octanol–water partition coefficient (Wildman–Crippen LogP) is 3.99. The van der Waals surface area contributed by atoms with Gasteiger partial charge in [-0.2, -0.15) is 0 Å². The van der Waals surface area contributed by atoms with Gasteiger partial charge in [0.15, 0.2) is 6.61 Å². The van der Waals surface area contributed by atoms with Crippen molar-refractivity contribution >= 4 is 16.9 Å². The third-order valence-corrected chi connectivity index (χ3v) is 4.43. The van der Waals surface area contributed by atoms with Crippen LogP contribution in [0.2, 0.25) is 0 Å². The van der Waals surface area contributed by atoms with Gasteiger partial charge in [0.2, 0.25) is 0 Å². The summed E-state index contributed by atoms with van der Waals surface area (Å²) in [6.07, 6.45) is 0. The average molecular weight is 365 g/mol. The van der Waals surface area contributed by atoms with Gasteiger partial charge in [-0.1, -0.05) is 44.2 Å². The Labute approximate surface area is 158 Å². The third kappa shape index (κ3) is 4.56. The molecule has 1 unspecified atom stereocenters. The molecule has 0 radical (unpaired) electrons. The Hall–Kier alpha value is -3.08. The molecule has 0 saturated heterocycles. The van der Waals surface area contributed by atoms with Crippen molar-refractivity contribution in [3.63, 3.8) is 0 Å². The van der Waals surface area contributed by atoms with Gasteiger partial charge in [-0.25, -0.2) is 4.79 Å². The number of benzene rings is 2. The van der Waals surface area contributed by atoms with Crippen LogP contribution >= 0.6 is 0 Å². The fraction of sp³-hybridized carbons (Fsp3) is 0.273. The fourth-order valence-electron chi connectivity index (χ4n) is 3.05. The molecular formula is C22H23NO4.